The summed E-state index contributed by atoms with van der Waals surface area (Å²) in [6.45, 7) is 6.06. The van der Waals surface area contributed by atoms with E-state index in [1.165, 1.54) is 6.07 Å². The molecule has 1 aromatic carbocycles. The number of hydrogen-bond acceptors (Lipinski definition) is 6. The number of hydrogen-bond donors (Lipinski definition) is 1. The second-order valence-electron chi connectivity index (χ2n) is 10.4. The van der Waals surface area contributed by atoms with Gasteiger partial charge in [0.2, 0.25) is 0 Å². The van der Waals surface area contributed by atoms with Gasteiger partial charge in [0.25, 0.3) is 5.92 Å². The molecule has 2 aliphatic carbocycles. The van der Waals surface area contributed by atoms with E-state index in [-0.39, 0.29) is 16.1 Å². The predicted octanol–water partition coefficient (Wildman–Crippen LogP) is 4.83. The number of rotatable bonds is 4. The molecule has 1 fully saturated rings. The lowest BCUT2D eigenvalue weighted by molar-refractivity contribution is -0.119. The standard InChI is InChI=1S/C24H27F2N3O3S/c1-4-24(14-6-5-7-15(8-14)33(31,32)16-9-23(25,26)10-16)17-13-27-29-21(17)28-18-11-22(2,3)12-19(30)20(18)24/h5-8,13,16,21,28H,4,9-12H2,1-3H3. The van der Waals surface area contributed by atoms with E-state index in [1.807, 2.05) is 26.8 Å². The predicted molar refractivity (Wildman–Crippen MR) is 118 cm³/mol. The number of fused-ring (bicyclic) bond motifs is 1. The minimum atomic E-state index is -3.92. The number of alkyl halides is 2. The molecular formula is C24H27F2N3O3S. The number of ketones is 1. The van der Waals surface area contributed by atoms with Gasteiger partial charge in [-0.1, -0.05) is 32.9 Å². The fraction of sp³-hybridized carbons (Fsp3) is 0.542. The highest BCUT2D eigenvalue weighted by Crippen LogP contribution is 2.54. The van der Waals surface area contributed by atoms with Crippen molar-refractivity contribution in [3.63, 3.8) is 0 Å². The van der Waals surface area contributed by atoms with Crippen molar-refractivity contribution in [3.05, 3.63) is 52.9 Å². The summed E-state index contributed by atoms with van der Waals surface area (Å²) in [5, 5.41) is 10.7. The first-order valence-corrected chi connectivity index (χ1v) is 12.8. The van der Waals surface area contributed by atoms with Crippen LogP contribution in [0.3, 0.4) is 0 Å². The number of sulfone groups is 1. The number of halogens is 2. The van der Waals surface area contributed by atoms with Gasteiger partial charge in [0, 0.05) is 36.1 Å². The fourth-order valence-corrected chi connectivity index (χ4v) is 7.72. The van der Waals surface area contributed by atoms with Crippen LogP contribution >= 0.6 is 0 Å². The van der Waals surface area contributed by atoms with Crippen LogP contribution < -0.4 is 5.32 Å². The number of carbonyl (C=O) groups excluding carboxylic acids is 1. The average Bonchev–Trinajstić information content (AvgIpc) is 3.18. The summed E-state index contributed by atoms with van der Waals surface area (Å²) in [5.41, 5.74) is 1.85. The Bertz CT molecular complexity index is 1240. The van der Waals surface area contributed by atoms with Crippen molar-refractivity contribution in [3.8, 4) is 0 Å². The first kappa shape index (κ1) is 22.4. The molecular weight excluding hydrogens is 448 g/mol. The van der Waals surface area contributed by atoms with Crippen molar-refractivity contribution in [2.24, 2.45) is 15.6 Å². The maximum Gasteiger partial charge on any atom is 0.250 e. The van der Waals surface area contributed by atoms with E-state index in [9.17, 15) is 22.0 Å². The van der Waals surface area contributed by atoms with Gasteiger partial charge in [-0.05, 0) is 36.0 Å². The Morgan fingerprint density at radius 1 is 1.18 bits per heavy atom. The molecule has 0 spiro atoms. The first-order valence-electron chi connectivity index (χ1n) is 11.3. The summed E-state index contributed by atoms with van der Waals surface area (Å²) < 4.78 is 53.1. The Labute approximate surface area is 192 Å². The fourth-order valence-electron chi connectivity index (χ4n) is 5.85. The smallest absolute Gasteiger partial charge is 0.250 e. The van der Waals surface area contributed by atoms with Gasteiger partial charge in [-0.25, -0.2) is 17.2 Å². The molecule has 2 aliphatic heterocycles. The number of azo groups is 1. The van der Waals surface area contributed by atoms with Crippen molar-refractivity contribution in [1.29, 1.82) is 0 Å². The summed E-state index contributed by atoms with van der Waals surface area (Å²) in [6, 6.07) is 6.47. The maximum absolute atomic E-state index is 13.5. The third-order valence-corrected chi connectivity index (χ3v) is 9.58. The highest BCUT2D eigenvalue weighted by atomic mass is 32.2. The highest BCUT2D eigenvalue weighted by Gasteiger charge is 2.54. The summed E-state index contributed by atoms with van der Waals surface area (Å²) in [7, 11) is -3.92. The molecule has 176 valence electrons. The third-order valence-electron chi connectivity index (χ3n) is 7.46. The van der Waals surface area contributed by atoms with Crippen LogP contribution in [0.5, 0.6) is 0 Å². The van der Waals surface area contributed by atoms with Crippen LogP contribution in [0.4, 0.5) is 8.78 Å². The van der Waals surface area contributed by atoms with Crippen molar-refractivity contribution in [2.75, 3.05) is 0 Å². The maximum atomic E-state index is 13.5. The first-order chi connectivity index (χ1) is 15.4. The molecule has 0 saturated heterocycles. The molecule has 2 atom stereocenters. The average molecular weight is 476 g/mol. The van der Waals surface area contributed by atoms with E-state index in [4.69, 9.17) is 0 Å². The second-order valence-corrected chi connectivity index (χ2v) is 12.6. The van der Waals surface area contributed by atoms with Crippen molar-refractivity contribution < 1.29 is 22.0 Å². The largest absolute Gasteiger partial charge is 0.362 e. The summed E-state index contributed by atoms with van der Waals surface area (Å²) in [5.74, 6) is -2.91. The minimum Gasteiger partial charge on any atom is -0.362 e. The summed E-state index contributed by atoms with van der Waals surface area (Å²) in [6.07, 6.45) is 1.49. The van der Waals surface area contributed by atoms with E-state index in [2.05, 4.69) is 15.5 Å². The molecule has 1 saturated carbocycles. The Morgan fingerprint density at radius 2 is 1.91 bits per heavy atom. The van der Waals surface area contributed by atoms with Gasteiger partial charge < -0.3 is 5.32 Å². The van der Waals surface area contributed by atoms with Gasteiger partial charge in [0.1, 0.15) is 0 Å². The molecule has 0 amide bonds. The lowest BCUT2D eigenvalue weighted by Gasteiger charge is -2.47. The lowest BCUT2D eigenvalue weighted by atomic mass is 9.59. The SMILES string of the molecule is CCC1(c2cccc(S(=O)(=O)C3CC(F)(F)C3)c2)C2=CN=NC2NC2=C1C(=O)CC(C)(C)C2. The van der Waals surface area contributed by atoms with Crippen molar-refractivity contribution >= 4 is 15.6 Å². The molecule has 9 heteroatoms. The number of benzene rings is 1. The van der Waals surface area contributed by atoms with Crippen LogP contribution in [0.15, 0.2) is 62.4 Å². The van der Waals surface area contributed by atoms with Crippen LogP contribution in [0.1, 0.15) is 58.4 Å². The van der Waals surface area contributed by atoms with E-state index in [0.717, 1.165) is 11.3 Å². The van der Waals surface area contributed by atoms with E-state index in [1.54, 1.807) is 18.3 Å². The van der Waals surface area contributed by atoms with Crippen LogP contribution in [-0.2, 0) is 20.0 Å². The van der Waals surface area contributed by atoms with E-state index < -0.39 is 45.4 Å². The quantitative estimate of drug-likeness (QED) is 0.676. The van der Waals surface area contributed by atoms with E-state index in [0.29, 0.717) is 30.4 Å². The van der Waals surface area contributed by atoms with Gasteiger partial charge in [0.15, 0.2) is 21.8 Å². The van der Waals surface area contributed by atoms with Crippen molar-refractivity contribution in [1.82, 2.24) is 5.32 Å². The zero-order valence-electron chi connectivity index (χ0n) is 18.9. The zero-order chi connectivity index (χ0) is 23.8. The second kappa shape index (κ2) is 7.04. The number of nitrogens with one attached hydrogen (secondary N) is 1. The molecule has 1 aromatic rings. The number of nitrogens with zero attached hydrogens (tertiary/aromatic N) is 2. The normalized spacial score (nSPS) is 30.3. The van der Waals surface area contributed by atoms with Gasteiger partial charge in [-0.15, -0.1) is 0 Å². The summed E-state index contributed by atoms with van der Waals surface area (Å²) in [4.78, 5) is 13.5. The van der Waals surface area contributed by atoms with Crippen LogP contribution in [0, 0.1) is 5.41 Å². The lowest BCUT2D eigenvalue weighted by Crippen LogP contribution is -2.51. The van der Waals surface area contributed by atoms with Crippen molar-refractivity contribution in [2.45, 2.75) is 80.5 Å². The molecule has 6 nitrogen and oxygen atoms in total. The number of allylic oxidation sites excluding steroid dienone is 2. The Balaban J connectivity index is 1.67. The summed E-state index contributed by atoms with van der Waals surface area (Å²) >= 11 is 0. The Hall–Kier alpha value is -2.42. The monoisotopic (exact) mass is 475 g/mol. The van der Waals surface area contributed by atoms with Crippen LogP contribution in [0.2, 0.25) is 0 Å². The zero-order valence-corrected chi connectivity index (χ0v) is 19.7. The Morgan fingerprint density at radius 3 is 2.58 bits per heavy atom. The highest BCUT2D eigenvalue weighted by molar-refractivity contribution is 7.92. The molecule has 0 bridgehead atoms. The molecule has 2 heterocycles. The van der Waals surface area contributed by atoms with Crippen LogP contribution in [0.25, 0.3) is 0 Å². The van der Waals surface area contributed by atoms with Gasteiger partial charge in [-0.3, -0.25) is 4.79 Å². The number of Topliss-reactive ketones (excluding diaryl/α,β-unsaturated/α-hetero) is 1. The molecule has 5 rings (SSSR count). The molecule has 2 unspecified atom stereocenters. The molecule has 1 N–H and O–H groups in total. The molecule has 4 aliphatic rings. The minimum absolute atomic E-state index is 0.0154. The topological polar surface area (TPSA) is 88.0 Å². The van der Waals surface area contributed by atoms with Gasteiger partial charge >= 0.3 is 0 Å². The molecule has 0 radical (unpaired) electrons. The van der Waals surface area contributed by atoms with Gasteiger partial charge in [0.05, 0.1) is 21.8 Å². The third kappa shape index (κ3) is 3.30. The Kier molecular flexibility index (Phi) is 4.77. The van der Waals surface area contributed by atoms with Crippen LogP contribution in [-0.4, -0.2) is 31.5 Å². The molecule has 33 heavy (non-hydrogen) atoms. The molecule has 0 aromatic heterocycles. The van der Waals surface area contributed by atoms with Gasteiger partial charge in [-0.2, -0.15) is 10.2 Å². The van der Waals surface area contributed by atoms with E-state index >= 15 is 0 Å². The number of carbonyl (C=O) groups is 1.